The third-order valence-corrected chi connectivity index (χ3v) is 5.15. The van der Waals surface area contributed by atoms with Crippen molar-refractivity contribution in [3.05, 3.63) is 70.0 Å². The van der Waals surface area contributed by atoms with Gasteiger partial charge >= 0.3 is 0 Å². The molecule has 1 aliphatic carbocycles. The van der Waals surface area contributed by atoms with E-state index in [1.165, 1.54) is 12.1 Å². The number of halogens is 4. The summed E-state index contributed by atoms with van der Waals surface area (Å²) in [5.41, 5.74) is 0.564. The third-order valence-electron chi connectivity index (χ3n) is 4.86. The molecule has 2 aromatic rings. The number of nitrogens with one attached hydrogen (secondary N) is 2. The minimum atomic E-state index is -1.14. The molecule has 30 heavy (non-hydrogen) atoms. The van der Waals surface area contributed by atoms with Gasteiger partial charge in [0.2, 0.25) is 0 Å². The van der Waals surface area contributed by atoms with Gasteiger partial charge in [0.05, 0.1) is 11.1 Å². The first-order valence-corrected chi connectivity index (χ1v) is 9.90. The van der Waals surface area contributed by atoms with Crippen molar-refractivity contribution in [3.63, 3.8) is 0 Å². The Balaban J connectivity index is 1.76. The van der Waals surface area contributed by atoms with Crippen molar-refractivity contribution in [2.24, 2.45) is 4.99 Å². The molecule has 0 saturated heterocycles. The molecule has 0 unspecified atom stereocenters. The van der Waals surface area contributed by atoms with Gasteiger partial charge in [-0.25, -0.2) is 13.2 Å². The summed E-state index contributed by atoms with van der Waals surface area (Å²) in [4.78, 5) is 16.4. The van der Waals surface area contributed by atoms with Gasteiger partial charge in [-0.15, -0.1) is 0 Å². The molecule has 0 aliphatic heterocycles. The molecule has 0 aromatic heterocycles. The second-order valence-electron chi connectivity index (χ2n) is 7.15. The molecule has 1 saturated carbocycles. The highest BCUT2D eigenvalue weighted by Crippen LogP contribution is 2.19. The zero-order valence-corrected chi connectivity index (χ0v) is 16.7. The summed E-state index contributed by atoms with van der Waals surface area (Å²) in [6.45, 7) is 0.201. The van der Waals surface area contributed by atoms with Crippen LogP contribution in [0.1, 0.15) is 41.6 Å². The lowest BCUT2D eigenvalue weighted by Gasteiger charge is -2.27. The fourth-order valence-corrected chi connectivity index (χ4v) is 3.37. The molecule has 0 atom stereocenters. The van der Waals surface area contributed by atoms with E-state index >= 15 is 0 Å². The van der Waals surface area contributed by atoms with Gasteiger partial charge in [0.1, 0.15) is 5.82 Å². The molecule has 3 N–H and O–H groups in total. The van der Waals surface area contributed by atoms with Crippen LogP contribution in [0.2, 0.25) is 5.02 Å². The van der Waals surface area contributed by atoms with Gasteiger partial charge in [-0.05, 0) is 61.6 Å². The molecular weight excluding hydrogens is 419 g/mol. The number of hydrogen-bond acceptors (Lipinski definition) is 2. The average molecular weight is 440 g/mol. The summed E-state index contributed by atoms with van der Waals surface area (Å²) in [5, 5.41) is 15.7. The highest BCUT2D eigenvalue weighted by molar-refractivity contribution is 6.30. The zero-order valence-electron chi connectivity index (χ0n) is 16.0. The number of carbonyl (C=O) groups excluding carboxylic acids is 1. The fraction of sp³-hybridized carbons (Fsp3) is 0.333. The molecule has 160 valence electrons. The van der Waals surface area contributed by atoms with Crippen LogP contribution in [-0.4, -0.2) is 29.1 Å². The molecule has 0 bridgehead atoms. The topological polar surface area (TPSA) is 73.7 Å². The van der Waals surface area contributed by atoms with Crippen LogP contribution >= 0.6 is 11.6 Å². The van der Waals surface area contributed by atoms with Crippen LogP contribution in [-0.2, 0) is 6.54 Å². The van der Waals surface area contributed by atoms with Crippen LogP contribution < -0.4 is 10.6 Å². The lowest BCUT2D eigenvalue weighted by Crippen LogP contribution is -2.45. The van der Waals surface area contributed by atoms with E-state index in [2.05, 4.69) is 15.6 Å². The Labute approximate surface area is 177 Å². The largest absolute Gasteiger partial charge is 0.393 e. The van der Waals surface area contributed by atoms with E-state index in [4.69, 9.17) is 11.6 Å². The normalized spacial score (nSPS) is 19.4. The maximum Gasteiger partial charge on any atom is 0.280 e. The Bertz CT molecular complexity index is 947. The Hall–Kier alpha value is -2.58. The maximum absolute atomic E-state index is 13.5. The van der Waals surface area contributed by atoms with E-state index in [0.29, 0.717) is 31.2 Å². The molecule has 1 aliphatic rings. The first-order valence-electron chi connectivity index (χ1n) is 9.52. The van der Waals surface area contributed by atoms with E-state index in [0.717, 1.165) is 18.2 Å². The van der Waals surface area contributed by atoms with Gasteiger partial charge in [0.15, 0.2) is 17.6 Å². The fourth-order valence-electron chi connectivity index (χ4n) is 3.17. The van der Waals surface area contributed by atoms with Gasteiger partial charge in [-0.2, -0.15) is 4.99 Å². The number of aliphatic hydroxyl groups excluding tert-OH is 1. The van der Waals surface area contributed by atoms with E-state index in [1.807, 2.05) is 0 Å². The molecule has 2 aromatic carbocycles. The first-order chi connectivity index (χ1) is 14.3. The lowest BCUT2D eigenvalue weighted by atomic mass is 9.93. The zero-order chi connectivity index (χ0) is 21.7. The van der Waals surface area contributed by atoms with E-state index in [1.54, 1.807) is 6.07 Å². The van der Waals surface area contributed by atoms with E-state index < -0.39 is 23.4 Å². The minimum Gasteiger partial charge on any atom is -0.393 e. The van der Waals surface area contributed by atoms with Crippen molar-refractivity contribution in [1.29, 1.82) is 0 Å². The predicted molar refractivity (Wildman–Crippen MR) is 108 cm³/mol. The quantitative estimate of drug-likeness (QED) is 0.498. The van der Waals surface area contributed by atoms with Crippen molar-refractivity contribution in [2.75, 3.05) is 0 Å². The maximum atomic E-state index is 13.5. The molecular formula is C21H21ClF3N3O2. The number of aliphatic hydroxyl groups is 1. The third kappa shape index (κ3) is 5.96. The summed E-state index contributed by atoms with van der Waals surface area (Å²) in [7, 11) is 0. The van der Waals surface area contributed by atoms with E-state index in [9.17, 15) is 23.1 Å². The molecule has 0 radical (unpaired) electrons. The van der Waals surface area contributed by atoms with Gasteiger partial charge in [-0.1, -0.05) is 17.7 Å². The van der Waals surface area contributed by atoms with Crippen molar-refractivity contribution in [3.8, 4) is 0 Å². The van der Waals surface area contributed by atoms with Crippen LogP contribution in [0, 0.1) is 17.5 Å². The SMILES string of the molecule is O=C(/N=C(/NCc1ccc(F)c(Cl)c1)N[C@H]1CC[C@H](O)CC1)c1ccc(F)c(F)c1. The number of aliphatic imine (C=N–C) groups is 1. The van der Waals surface area contributed by atoms with Crippen LogP contribution in [0.15, 0.2) is 41.4 Å². The predicted octanol–water partition coefficient (Wildman–Crippen LogP) is 3.94. The second-order valence-corrected chi connectivity index (χ2v) is 7.55. The van der Waals surface area contributed by atoms with Crippen LogP contribution in [0.3, 0.4) is 0 Å². The summed E-state index contributed by atoms with van der Waals surface area (Å²) in [6, 6.07) is 7.01. The van der Waals surface area contributed by atoms with Gasteiger partial charge < -0.3 is 15.7 Å². The summed E-state index contributed by atoms with van der Waals surface area (Å²) >= 11 is 5.80. The molecule has 9 heteroatoms. The standard InChI is InChI=1S/C21H21ClF3N3O2/c22-16-9-12(1-7-17(16)23)11-26-21(27-14-3-5-15(29)6-4-14)28-20(30)13-2-8-18(24)19(25)10-13/h1-2,7-10,14-15,29H,3-6,11H2,(H2,26,27,28,30)/t14-,15-. The number of hydrogen-bond donors (Lipinski definition) is 3. The monoisotopic (exact) mass is 439 g/mol. The highest BCUT2D eigenvalue weighted by Gasteiger charge is 2.21. The number of nitrogens with zero attached hydrogens (tertiary/aromatic N) is 1. The Kier molecular flexibility index (Phi) is 7.33. The van der Waals surface area contributed by atoms with E-state index in [-0.39, 0.29) is 35.2 Å². The Morgan fingerprint density at radius 1 is 1.03 bits per heavy atom. The van der Waals surface area contributed by atoms with Crippen LogP contribution in [0.5, 0.6) is 0 Å². The molecule has 0 heterocycles. The smallest absolute Gasteiger partial charge is 0.280 e. The highest BCUT2D eigenvalue weighted by atomic mass is 35.5. The summed E-state index contributed by atoms with van der Waals surface area (Å²) in [5.74, 6) is -3.34. The van der Waals surface area contributed by atoms with Crippen LogP contribution in [0.4, 0.5) is 13.2 Å². The molecule has 0 spiro atoms. The number of amides is 1. The number of carbonyl (C=O) groups is 1. The van der Waals surface area contributed by atoms with Crippen molar-refractivity contribution < 1.29 is 23.1 Å². The Morgan fingerprint density at radius 2 is 1.73 bits per heavy atom. The summed E-state index contributed by atoms with van der Waals surface area (Å²) < 4.78 is 39.9. The molecule has 5 nitrogen and oxygen atoms in total. The first kappa shape index (κ1) is 22.1. The lowest BCUT2D eigenvalue weighted by molar-refractivity contribution is 0.1000. The number of guanidine groups is 1. The van der Waals surface area contributed by atoms with Gasteiger partial charge in [-0.3, -0.25) is 4.79 Å². The number of benzene rings is 2. The molecule has 1 fully saturated rings. The minimum absolute atomic E-state index is 0.0193. The molecule has 3 rings (SSSR count). The second kappa shape index (κ2) is 9.95. The van der Waals surface area contributed by atoms with Crippen molar-refractivity contribution in [1.82, 2.24) is 10.6 Å². The van der Waals surface area contributed by atoms with Crippen molar-refractivity contribution >= 4 is 23.5 Å². The van der Waals surface area contributed by atoms with Crippen molar-refractivity contribution in [2.45, 2.75) is 44.4 Å². The number of rotatable bonds is 4. The van der Waals surface area contributed by atoms with Gasteiger partial charge in [0.25, 0.3) is 5.91 Å². The van der Waals surface area contributed by atoms with Crippen LogP contribution in [0.25, 0.3) is 0 Å². The molecule has 1 amide bonds. The average Bonchev–Trinajstić information content (AvgIpc) is 2.72. The van der Waals surface area contributed by atoms with Gasteiger partial charge in [0, 0.05) is 18.2 Å². The Morgan fingerprint density at radius 3 is 2.40 bits per heavy atom. The summed E-state index contributed by atoms with van der Waals surface area (Å²) in [6.07, 6.45) is 2.26.